The number of hydrogen-bond donors (Lipinski definition) is 1. The molecule has 0 bridgehead atoms. The van der Waals surface area contributed by atoms with Gasteiger partial charge < -0.3 is 15.0 Å². The second-order valence-electron chi connectivity index (χ2n) is 6.81. The number of ether oxygens (including phenoxy) is 1. The lowest BCUT2D eigenvalue weighted by Crippen LogP contribution is -2.48. The van der Waals surface area contributed by atoms with Crippen LogP contribution in [-0.4, -0.2) is 42.6 Å². The van der Waals surface area contributed by atoms with Crippen LogP contribution in [0.3, 0.4) is 0 Å². The Bertz CT molecular complexity index is 799. The SMILES string of the molecule is CN=C(NCc1sc(C)nc1C)N1CCOC(c2ccc(C)cc2C)C1. The maximum absolute atomic E-state index is 6.06. The van der Waals surface area contributed by atoms with Crippen molar-refractivity contribution >= 4 is 17.3 Å². The Balaban J connectivity index is 1.68. The highest BCUT2D eigenvalue weighted by atomic mass is 32.1. The standard InChI is InChI=1S/C20H28N4OS/c1-13-6-7-17(14(2)10-13)18-12-24(8-9-25-18)20(21-5)22-11-19-15(3)23-16(4)26-19/h6-7,10,18H,8-9,11-12H2,1-5H3,(H,21,22). The summed E-state index contributed by atoms with van der Waals surface area (Å²) in [5.41, 5.74) is 4.94. The molecule has 1 aromatic heterocycles. The summed E-state index contributed by atoms with van der Waals surface area (Å²) in [7, 11) is 1.84. The number of nitrogens with zero attached hydrogens (tertiary/aromatic N) is 3. The van der Waals surface area contributed by atoms with E-state index in [4.69, 9.17) is 4.74 Å². The van der Waals surface area contributed by atoms with E-state index in [0.717, 1.165) is 36.3 Å². The zero-order valence-electron chi connectivity index (χ0n) is 16.3. The van der Waals surface area contributed by atoms with Crippen LogP contribution in [0.1, 0.15) is 38.4 Å². The van der Waals surface area contributed by atoms with E-state index in [0.29, 0.717) is 6.61 Å². The molecule has 0 spiro atoms. The average Bonchev–Trinajstić information content (AvgIpc) is 2.93. The van der Waals surface area contributed by atoms with Crippen LogP contribution in [0, 0.1) is 27.7 Å². The number of aromatic nitrogens is 1. The molecule has 1 saturated heterocycles. The van der Waals surface area contributed by atoms with E-state index in [2.05, 4.69) is 59.2 Å². The summed E-state index contributed by atoms with van der Waals surface area (Å²) in [6.07, 6.45) is 0.0790. The predicted molar refractivity (Wildman–Crippen MR) is 108 cm³/mol. The maximum Gasteiger partial charge on any atom is 0.194 e. The number of aryl methyl sites for hydroxylation is 4. The molecule has 1 N–H and O–H groups in total. The van der Waals surface area contributed by atoms with Crippen LogP contribution in [0.5, 0.6) is 0 Å². The van der Waals surface area contributed by atoms with E-state index in [9.17, 15) is 0 Å². The first-order valence-electron chi connectivity index (χ1n) is 9.05. The molecule has 1 aromatic carbocycles. The summed E-state index contributed by atoms with van der Waals surface area (Å²) in [6, 6.07) is 6.57. The van der Waals surface area contributed by atoms with Gasteiger partial charge in [0, 0.05) is 18.5 Å². The Kier molecular flexibility index (Phi) is 5.94. The van der Waals surface area contributed by atoms with Crippen LogP contribution in [0.4, 0.5) is 0 Å². The van der Waals surface area contributed by atoms with Crippen molar-refractivity contribution in [1.29, 1.82) is 0 Å². The molecule has 26 heavy (non-hydrogen) atoms. The molecular weight excluding hydrogens is 344 g/mol. The monoisotopic (exact) mass is 372 g/mol. The molecule has 3 rings (SSSR count). The first-order chi connectivity index (χ1) is 12.5. The van der Waals surface area contributed by atoms with Crippen LogP contribution >= 0.6 is 11.3 Å². The zero-order valence-corrected chi connectivity index (χ0v) is 17.1. The second-order valence-corrected chi connectivity index (χ2v) is 8.10. The van der Waals surface area contributed by atoms with Crippen molar-refractivity contribution in [1.82, 2.24) is 15.2 Å². The van der Waals surface area contributed by atoms with Crippen LogP contribution in [0.15, 0.2) is 23.2 Å². The van der Waals surface area contributed by atoms with E-state index >= 15 is 0 Å². The number of rotatable bonds is 3. The molecular formula is C20H28N4OS. The fourth-order valence-electron chi connectivity index (χ4n) is 3.45. The number of hydrogen-bond acceptors (Lipinski definition) is 4. The molecule has 1 aliphatic rings. The topological polar surface area (TPSA) is 49.8 Å². The Hall–Kier alpha value is -1.92. The van der Waals surface area contributed by atoms with Crippen molar-refractivity contribution in [2.45, 2.75) is 40.3 Å². The highest BCUT2D eigenvalue weighted by Crippen LogP contribution is 2.26. The highest BCUT2D eigenvalue weighted by molar-refractivity contribution is 7.11. The molecule has 2 heterocycles. The number of aliphatic imine (C=N–C) groups is 1. The van der Waals surface area contributed by atoms with E-state index in [1.165, 1.54) is 21.6 Å². The summed E-state index contributed by atoms with van der Waals surface area (Å²) in [5, 5.41) is 4.60. The van der Waals surface area contributed by atoms with Gasteiger partial charge in [-0.25, -0.2) is 4.98 Å². The number of morpholine rings is 1. The van der Waals surface area contributed by atoms with Crippen LogP contribution in [0.2, 0.25) is 0 Å². The van der Waals surface area contributed by atoms with E-state index < -0.39 is 0 Å². The van der Waals surface area contributed by atoms with Gasteiger partial charge in [0.1, 0.15) is 6.10 Å². The fourth-order valence-corrected chi connectivity index (χ4v) is 4.32. The van der Waals surface area contributed by atoms with E-state index in [-0.39, 0.29) is 6.10 Å². The summed E-state index contributed by atoms with van der Waals surface area (Å²) in [4.78, 5) is 12.5. The van der Waals surface area contributed by atoms with Crippen LogP contribution < -0.4 is 5.32 Å². The summed E-state index contributed by atoms with van der Waals surface area (Å²) >= 11 is 1.74. The van der Waals surface area contributed by atoms with Gasteiger partial charge in [-0.15, -0.1) is 11.3 Å². The Morgan fingerprint density at radius 1 is 1.35 bits per heavy atom. The third-order valence-corrected chi connectivity index (χ3v) is 5.83. The predicted octanol–water partition coefficient (Wildman–Crippen LogP) is 3.53. The van der Waals surface area contributed by atoms with Gasteiger partial charge in [-0.05, 0) is 38.8 Å². The van der Waals surface area contributed by atoms with Gasteiger partial charge in [0.15, 0.2) is 5.96 Å². The Labute approximate surface area is 160 Å². The Morgan fingerprint density at radius 3 is 2.81 bits per heavy atom. The van der Waals surface area contributed by atoms with E-state index in [1.54, 1.807) is 11.3 Å². The first kappa shape index (κ1) is 18.9. The Morgan fingerprint density at radius 2 is 2.15 bits per heavy atom. The molecule has 140 valence electrons. The zero-order chi connectivity index (χ0) is 18.7. The highest BCUT2D eigenvalue weighted by Gasteiger charge is 2.25. The van der Waals surface area contributed by atoms with Gasteiger partial charge in [-0.3, -0.25) is 4.99 Å². The molecule has 0 saturated carbocycles. The number of nitrogens with one attached hydrogen (secondary N) is 1. The maximum atomic E-state index is 6.06. The van der Waals surface area contributed by atoms with Crippen molar-refractivity contribution in [2.75, 3.05) is 26.7 Å². The van der Waals surface area contributed by atoms with Crippen molar-refractivity contribution < 1.29 is 4.74 Å². The van der Waals surface area contributed by atoms with Crippen molar-refractivity contribution in [3.05, 3.63) is 50.5 Å². The molecule has 0 amide bonds. The smallest absolute Gasteiger partial charge is 0.194 e. The summed E-state index contributed by atoms with van der Waals surface area (Å²) < 4.78 is 6.06. The number of guanidine groups is 1. The molecule has 5 nitrogen and oxygen atoms in total. The molecule has 6 heteroatoms. The van der Waals surface area contributed by atoms with Crippen LogP contribution in [0.25, 0.3) is 0 Å². The minimum Gasteiger partial charge on any atom is -0.370 e. The molecule has 1 aliphatic heterocycles. The van der Waals surface area contributed by atoms with Crippen molar-refractivity contribution in [3.63, 3.8) is 0 Å². The molecule has 2 aromatic rings. The van der Waals surface area contributed by atoms with Gasteiger partial charge in [0.25, 0.3) is 0 Å². The summed E-state index contributed by atoms with van der Waals surface area (Å²) in [5.74, 6) is 0.925. The summed E-state index contributed by atoms with van der Waals surface area (Å²) in [6.45, 7) is 11.5. The number of benzene rings is 1. The molecule has 1 fully saturated rings. The van der Waals surface area contributed by atoms with Crippen molar-refractivity contribution in [3.8, 4) is 0 Å². The number of thiazole rings is 1. The quantitative estimate of drug-likeness (QED) is 0.661. The van der Waals surface area contributed by atoms with Gasteiger partial charge in [-0.2, -0.15) is 0 Å². The van der Waals surface area contributed by atoms with Gasteiger partial charge in [-0.1, -0.05) is 23.8 Å². The molecule has 1 atom stereocenters. The lowest BCUT2D eigenvalue weighted by molar-refractivity contribution is -0.00834. The molecule has 0 radical (unpaired) electrons. The fraction of sp³-hybridized carbons (Fsp3) is 0.500. The van der Waals surface area contributed by atoms with Gasteiger partial charge >= 0.3 is 0 Å². The lowest BCUT2D eigenvalue weighted by atomic mass is 10.00. The molecule has 0 aliphatic carbocycles. The third kappa shape index (κ3) is 4.24. The normalized spacial score (nSPS) is 18.3. The van der Waals surface area contributed by atoms with Crippen LogP contribution in [-0.2, 0) is 11.3 Å². The molecule has 1 unspecified atom stereocenters. The van der Waals surface area contributed by atoms with Gasteiger partial charge in [0.2, 0.25) is 0 Å². The van der Waals surface area contributed by atoms with E-state index in [1.807, 2.05) is 14.0 Å². The first-order valence-corrected chi connectivity index (χ1v) is 9.87. The second kappa shape index (κ2) is 8.18. The largest absolute Gasteiger partial charge is 0.370 e. The minimum absolute atomic E-state index is 0.0790. The lowest BCUT2D eigenvalue weighted by Gasteiger charge is -2.35. The minimum atomic E-state index is 0.0790. The van der Waals surface area contributed by atoms with Gasteiger partial charge in [0.05, 0.1) is 30.4 Å². The third-order valence-electron chi connectivity index (χ3n) is 4.76. The average molecular weight is 373 g/mol. The van der Waals surface area contributed by atoms with Crippen molar-refractivity contribution in [2.24, 2.45) is 4.99 Å².